The van der Waals surface area contributed by atoms with Gasteiger partial charge in [0.1, 0.15) is 0 Å². The molecule has 0 spiro atoms. The van der Waals surface area contributed by atoms with Gasteiger partial charge in [0.15, 0.2) is 0 Å². The highest BCUT2D eigenvalue weighted by Crippen LogP contribution is 2.24. The summed E-state index contributed by atoms with van der Waals surface area (Å²) in [6, 6.07) is 4.23. The summed E-state index contributed by atoms with van der Waals surface area (Å²) in [6.07, 6.45) is 1.72. The number of anilines is 1. The molecular weight excluding hydrogens is 340 g/mol. The van der Waals surface area contributed by atoms with Crippen molar-refractivity contribution < 1.29 is 19.4 Å². The number of urea groups is 1. The molecule has 1 aliphatic rings. The fourth-order valence-corrected chi connectivity index (χ4v) is 2.70. The van der Waals surface area contributed by atoms with Crippen LogP contribution in [0.15, 0.2) is 22.7 Å². The Labute approximate surface area is 131 Å². The van der Waals surface area contributed by atoms with Crippen molar-refractivity contribution in [2.75, 3.05) is 11.9 Å². The Bertz CT molecular complexity index is 550. The van der Waals surface area contributed by atoms with E-state index >= 15 is 0 Å². The largest absolute Gasteiger partial charge is 0.478 e. The molecule has 0 bridgehead atoms. The lowest BCUT2D eigenvalue weighted by Gasteiger charge is -2.28. The Balaban J connectivity index is 1.94. The van der Waals surface area contributed by atoms with E-state index in [4.69, 9.17) is 9.84 Å². The number of carboxylic acid groups (broad SMARTS) is 1. The second-order valence-corrected chi connectivity index (χ2v) is 5.86. The zero-order valence-corrected chi connectivity index (χ0v) is 13.1. The van der Waals surface area contributed by atoms with E-state index in [0.717, 1.165) is 12.8 Å². The van der Waals surface area contributed by atoms with Gasteiger partial charge in [0.05, 0.1) is 17.4 Å². The molecule has 2 atom stereocenters. The first-order valence-corrected chi connectivity index (χ1v) is 7.47. The van der Waals surface area contributed by atoms with E-state index in [2.05, 4.69) is 26.6 Å². The summed E-state index contributed by atoms with van der Waals surface area (Å²) >= 11 is 3.25. The third kappa shape index (κ3) is 4.44. The summed E-state index contributed by atoms with van der Waals surface area (Å²) in [5.41, 5.74) is 0.684. The van der Waals surface area contributed by atoms with Crippen molar-refractivity contribution in [1.29, 1.82) is 0 Å². The molecular formula is C14H17BrN2O4. The molecule has 1 heterocycles. The maximum atomic E-state index is 12.0. The molecule has 0 radical (unpaired) electrons. The van der Waals surface area contributed by atoms with Crippen molar-refractivity contribution in [3.8, 4) is 0 Å². The number of ether oxygens (including phenoxy) is 1. The second-order valence-electron chi connectivity index (χ2n) is 5.00. The highest BCUT2D eigenvalue weighted by molar-refractivity contribution is 9.10. The van der Waals surface area contributed by atoms with Crippen LogP contribution in [0.5, 0.6) is 0 Å². The van der Waals surface area contributed by atoms with Crippen molar-refractivity contribution in [1.82, 2.24) is 5.32 Å². The summed E-state index contributed by atoms with van der Waals surface area (Å²) < 4.78 is 5.95. The van der Waals surface area contributed by atoms with E-state index in [9.17, 15) is 9.59 Å². The fraction of sp³-hybridized carbons (Fsp3) is 0.429. The lowest BCUT2D eigenvalue weighted by molar-refractivity contribution is 0.0157. The van der Waals surface area contributed by atoms with Gasteiger partial charge in [-0.05, 0) is 53.9 Å². The molecule has 2 unspecified atom stereocenters. The Morgan fingerprint density at radius 2 is 2.19 bits per heavy atom. The first kappa shape index (κ1) is 15.8. The fourth-order valence-electron chi connectivity index (χ4n) is 2.22. The molecule has 1 aromatic rings. The summed E-state index contributed by atoms with van der Waals surface area (Å²) in [6.45, 7) is 2.62. The van der Waals surface area contributed by atoms with E-state index in [-0.39, 0.29) is 23.7 Å². The van der Waals surface area contributed by atoms with E-state index in [1.54, 1.807) is 6.07 Å². The number of nitrogens with one attached hydrogen (secondary N) is 2. The molecule has 6 nitrogen and oxygen atoms in total. The molecule has 0 aliphatic carbocycles. The van der Waals surface area contributed by atoms with Gasteiger partial charge in [0, 0.05) is 17.1 Å². The topological polar surface area (TPSA) is 87.7 Å². The number of benzene rings is 1. The maximum Gasteiger partial charge on any atom is 0.335 e. The molecule has 114 valence electrons. The molecule has 1 aromatic carbocycles. The third-order valence-electron chi connectivity index (χ3n) is 3.28. The molecule has 2 amide bonds. The molecule has 0 aromatic heterocycles. The molecule has 21 heavy (non-hydrogen) atoms. The van der Waals surface area contributed by atoms with Crippen molar-refractivity contribution in [2.24, 2.45) is 0 Å². The molecule has 1 aliphatic heterocycles. The standard InChI is InChI=1S/C14H17BrN2O4/c1-8-6-10(4-5-21-8)16-14(20)17-12-3-2-9(13(18)19)7-11(12)15/h2-3,7-8,10H,4-6H2,1H3,(H,18,19)(H2,16,17,20). The number of hydrogen-bond donors (Lipinski definition) is 3. The summed E-state index contributed by atoms with van der Waals surface area (Å²) in [7, 11) is 0. The lowest BCUT2D eigenvalue weighted by atomic mass is 10.0. The number of amides is 2. The number of aromatic carboxylic acids is 1. The van der Waals surface area contributed by atoms with Crippen LogP contribution in [0.1, 0.15) is 30.1 Å². The van der Waals surface area contributed by atoms with Crippen LogP contribution < -0.4 is 10.6 Å². The zero-order chi connectivity index (χ0) is 15.4. The average molecular weight is 357 g/mol. The molecule has 1 fully saturated rings. The van der Waals surface area contributed by atoms with Gasteiger partial charge in [0.2, 0.25) is 0 Å². The summed E-state index contributed by atoms with van der Waals surface area (Å²) in [5, 5.41) is 14.5. The van der Waals surface area contributed by atoms with Crippen molar-refractivity contribution in [2.45, 2.75) is 31.9 Å². The van der Waals surface area contributed by atoms with Gasteiger partial charge in [-0.25, -0.2) is 9.59 Å². The number of halogens is 1. The first-order chi connectivity index (χ1) is 9.95. The van der Waals surface area contributed by atoms with Crippen LogP contribution in [0.25, 0.3) is 0 Å². The number of carbonyl (C=O) groups is 2. The van der Waals surface area contributed by atoms with Gasteiger partial charge in [-0.1, -0.05) is 0 Å². The quantitative estimate of drug-likeness (QED) is 0.776. The smallest absolute Gasteiger partial charge is 0.335 e. The number of carbonyl (C=O) groups excluding carboxylic acids is 1. The van der Waals surface area contributed by atoms with Crippen LogP contribution in [-0.4, -0.2) is 35.9 Å². The van der Waals surface area contributed by atoms with E-state index in [1.807, 2.05) is 6.92 Å². The molecule has 3 N–H and O–H groups in total. The van der Waals surface area contributed by atoms with Gasteiger partial charge in [-0.3, -0.25) is 0 Å². The average Bonchev–Trinajstić information content (AvgIpc) is 2.40. The second kappa shape index (κ2) is 6.91. The normalized spacial score (nSPS) is 21.6. The predicted molar refractivity (Wildman–Crippen MR) is 81.7 cm³/mol. The van der Waals surface area contributed by atoms with Crippen molar-refractivity contribution in [3.63, 3.8) is 0 Å². The number of rotatable bonds is 3. The molecule has 2 rings (SSSR count). The van der Waals surface area contributed by atoms with Gasteiger partial charge < -0.3 is 20.5 Å². The molecule has 0 saturated carbocycles. The highest BCUT2D eigenvalue weighted by Gasteiger charge is 2.21. The summed E-state index contributed by atoms with van der Waals surface area (Å²) in [5.74, 6) is -1.01. The zero-order valence-electron chi connectivity index (χ0n) is 11.6. The Morgan fingerprint density at radius 3 is 2.81 bits per heavy atom. The van der Waals surface area contributed by atoms with Crippen molar-refractivity contribution in [3.05, 3.63) is 28.2 Å². The van der Waals surface area contributed by atoms with Crippen LogP contribution >= 0.6 is 15.9 Å². The lowest BCUT2D eigenvalue weighted by Crippen LogP contribution is -2.43. The third-order valence-corrected chi connectivity index (χ3v) is 3.94. The van der Waals surface area contributed by atoms with Crippen molar-refractivity contribution >= 4 is 33.6 Å². The number of hydrogen-bond acceptors (Lipinski definition) is 3. The maximum absolute atomic E-state index is 12.0. The van der Waals surface area contributed by atoms with Crippen LogP contribution in [0.4, 0.5) is 10.5 Å². The van der Waals surface area contributed by atoms with Crippen LogP contribution in [0, 0.1) is 0 Å². The highest BCUT2D eigenvalue weighted by atomic mass is 79.9. The van der Waals surface area contributed by atoms with E-state index < -0.39 is 5.97 Å². The van der Waals surface area contributed by atoms with Crippen LogP contribution in [0.3, 0.4) is 0 Å². The Kier molecular flexibility index (Phi) is 5.19. The number of carboxylic acids is 1. The Hall–Kier alpha value is -1.60. The summed E-state index contributed by atoms with van der Waals surface area (Å²) in [4.78, 5) is 22.8. The van der Waals surface area contributed by atoms with Gasteiger partial charge in [-0.2, -0.15) is 0 Å². The first-order valence-electron chi connectivity index (χ1n) is 6.67. The van der Waals surface area contributed by atoms with Crippen LogP contribution in [-0.2, 0) is 4.74 Å². The van der Waals surface area contributed by atoms with Gasteiger partial charge >= 0.3 is 12.0 Å². The SMILES string of the molecule is CC1CC(NC(=O)Nc2ccc(C(=O)O)cc2Br)CCO1. The van der Waals surface area contributed by atoms with Gasteiger partial charge in [-0.15, -0.1) is 0 Å². The molecule has 7 heteroatoms. The van der Waals surface area contributed by atoms with E-state index in [1.165, 1.54) is 12.1 Å². The Morgan fingerprint density at radius 1 is 1.43 bits per heavy atom. The minimum atomic E-state index is -1.01. The van der Waals surface area contributed by atoms with E-state index in [0.29, 0.717) is 16.8 Å². The molecule has 1 saturated heterocycles. The van der Waals surface area contributed by atoms with Gasteiger partial charge in [0.25, 0.3) is 0 Å². The predicted octanol–water partition coefficient (Wildman–Crippen LogP) is 2.84. The van der Waals surface area contributed by atoms with Crippen LogP contribution in [0.2, 0.25) is 0 Å². The minimum absolute atomic E-state index is 0.0887. The minimum Gasteiger partial charge on any atom is -0.478 e. The monoisotopic (exact) mass is 356 g/mol.